The Morgan fingerprint density at radius 1 is 1.11 bits per heavy atom. The summed E-state index contributed by atoms with van der Waals surface area (Å²) in [6.07, 6.45) is 1.07. The van der Waals surface area contributed by atoms with Crippen LogP contribution in [0.5, 0.6) is 0 Å². The summed E-state index contributed by atoms with van der Waals surface area (Å²) in [7, 11) is 0. The van der Waals surface area contributed by atoms with E-state index in [1.807, 2.05) is 24.3 Å². The first-order valence-electron chi connectivity index (χ1n) is 9.18. The average molecular weight is 400 g/mol. The molecule has 146 valence electrons. The van der Waals surface area contributed by atoms with Gasteiger partial charge >= 0.3 is 0 Å². The maximum Gasteiger partial charge on any atom is 0.243 e. The number of benzene rings is 2. The van der Waals surface area contributed by atoms with Crippen LogP contribution >= 0.6 is 11.6 Å². The minimum Gasteiger partial charge on any atom is -0.347 e. The van der Waals surface area contributed by atoms with Gasteiger partial charge in [0.2, 0.25) is 17.7 Å². The Balaban J connectivity index is 1.51. The van der Waals surface area contributed by atoms with E-state index >= 15 is 0 Å². The van der Waals surface area contributed by atoms with Crippen LogP contribution < -0.4 is 15.5 Å². The van der Waals surface area contributed by atoms with Gasteiger partial charge in [-0.1, -0.05) is 30.7 Å². The quantitative estimate of drug-likeness (QED) is 0.783. The summed E-state index contributed by atoms with van der Waals surface area (Å²) in [6.45, 7) is 2.23. The third kappa shape index (κ3) is 4.89. The van der Waals surface area contributed by atoms with Gasteiger partial charge < -0.3 is 15.5 Å². The van der Waals surface area contributed by atoms with E-state index in [4.69, 9.17) is 11.6 Å². The molecule has 1 atom stereocenters. The standard InChI is InChI=1S/C21H22ClN3O3/c1-2-14-3-9-18(10-4-14)25-13-15(11-20(25)27)21(28)23-12-19(26)24-17-7-5-16(22)6-8-17/h3-10,15H,2,11-13H2,1H3,(H,23,28)(H,24,26). The highest BCUT2D eigenvalue weighted by atomic mass is 35.5. The molecule has 6 nitrogen and oxygen atoms in total. The molecular weight excluding hydrogens is 378 g/mol. The van der Waals surface area contributed by atoms with Gasteiger partial charge in [-0.25, -0.2) is 0 Å². The van der Waals surface area contributed by atoms with Crippen molar-refractivity contribution in [3.8, 4) is 0 Å². The second-order valence-electron chi connectivity index (χ2n) is 6.70. The van der Waals surface area contributed by atoms with E-state index in [1.165, 1.54) is 5.56 Å². The molecule has 0 aliphatic carbocycles. The minimum atomic E-state index is -0.471. The van der Waals surface area contributed by atoms with Gasteiger partial charge in [-0.3, -0.25) is 14.4 Å². The van der Waals surface area contributed by atoms with Crippen LogP contribution in [-0.2, 0) is 20.8 Å². The van der Waals surface area contributed by atoms with E-state index in [0.717, 1.165) is 12.1 Å². The number of hydrogen-bond donors (Lipinski definition) is 2. The summed E-state index contributed by atoms with van der Waals surface area (Å²) >= 11 is 5.81. The largest absolute Gasteiger partial charge is 0.347 e. The Kier molecular flexibility index (Phi) is 6.31. The van der Waals surface area contributed by atoms with Gasteiger partial charge in [0.1, 0.15) is 0 Å². The van der Waals surface area contributed by atoms with Crippen LogP contribution in [0.2, 0.25) is 5.02 Å². The van der Waals surface area contributed by atoms with Crippen LogP contribution in [0.1, 0.15) is 18.9 Å². The van der Waals surface area contributed by atoms with E-state index in [-0.39, 0.29) is 30.7 Å². The van der Waals surface area contributed by atoms with Crippen LogP contribution in [0.15, 0.2) is 48.5 Å². The SMILES string of the molecule is CCc1ccc(N2CC(C(=O)NCC(=O)Nc3ccc(Cl)cc3)CC2=O)cc1. The molecule has 0 aromatic heterocycles. The predicted molar refractivity (Wildman–Crippen MR) is 109 cm³/mol. The van der Waals surface area contributed by atoms with E-state index in [9.17, 15) is 14.4 Å². The van der Waals surface area contributed by atoms with Crippen LogP contribution in [0, 0.1) is 5.92 Å². The van der Waals surface area contributed by atoms with Gasteiger partial charge in [0.15, 0.2) is 0 Å². The highest BCUT2D eigenvalue weighted by Gasteiger charge is 2.35. The number of nitrogens with zero attached hydrogens (tertiary/aromatic N) is 1. The van der Waals surface area contributed by atoms with E-state index in [1.54, 1.807) is 29.2 Å². The first-order chi connectivity index (χ1) is 13.5. The normalized spacial score (nSPS) is 16.1. The van der Waals surface area contributed by atoms with Crippen molar-refractivity contribution in [3.05, 3.63) is 59.1 Å². The van der Waals surface area contributed by atoms with Gasteiger partial charge in [-0.15, -0.1) is 0 Å². The summed E-state index contributed by atoms with van der Waals surface area (Å²) in [5.41, 5.74) is 2.58. The lowest BCUT2D eigenvalue weighted by atomic mass is 10.1. The zero-order valence-corrected chi connectivity index (χ0v) is 16.3. The molecule has 2 aromatic rings. The third-order valence-corrected chi connectivity index (χ3v) is 4.96. The number of amides is 3. The van der Waals surface area contributed by atoms with E-state index in [0.29, 0.717) is 17.3 Å². The molecule has 7 heteroatoms. The number of hydrogen-bond acceptors (Lipinski definition) is 3. The molecule has 1 aliphatic heterocycles. The van der Waals surface area contributed by atoms with Crippen molar-refractivity contribution >= 4 is 40.7 Å². The van der Waals surface area contributed by atoms with Gasteiger partial charge in [0.25, 0.3) is 0 Å². The van der Waals surface area contributed by atoms with Crippen molar-refractivity contribution in [2.24, 2.45) is 5.92 Å². The monoisotopic (exact) mass is 399 g/mol. The fourth-order valence-corrected chi connectivity index (χ4v) is 3.22. The Labute approximate surface area is 168 Å². The minimum absolute atomic E-state index is 0.0879. The van der Waals surface area contributed by atoms with Crippen LogP contribution in [-0.4, -0.2) is 30.8 Å². The third-order valence-electron chi connectivity index (χ3n) is 4.70. The highest BCUT2D eigenvalue weighted by Crippen LogP contribution is 2.25. The summed E-state index contributed by atoms with van der Waals surface area (Å²) in [5.74, 6) is -1.20. The van der Waals surface area contributed by atoms with E-state index < -0.39 is 5.92 Å². The molecule has 3 rings (SSSR count). The second-order valence-corrected chi connectivity index (χ2v) is 7.13. The van der Waals surface area contributed by atoms with Crippen LogP contribution in [0.4, 0.5) is 11.4 Å². The zero-order chi connectivity index (χ0) is 20.1. The maximum atomic E-state index is 12.4. The van der Waals surface area contributed by atoms with Crippen molar-refractivity contribution in [3.63, 3.8) is 0 Å². The molecule has 0 radical (unpaired) electrons. The number of anilines is 2. The smallest absolute Gasteiger partial charge is 0.243 e. The lowest BCUT2D eigenvalue weighted by Gasteiger charge is -2.17. The van der Waals surface area contributed by atoms with E-state index in [2.05, 4.69) is 17.6 Å². The molecule has 1 unspecified atom stereocenters. The maximum absolute atomic E-state index is 12.4. The molecule has 0 spiro atoms. The number of rotatable bonds is 6. The molecule has 2 aromatic carbocycles. The number of aryl methyl sites for hydroxylation is 1. The van der Waals surface area contributed by atoms with Gasteiger partial charge in [0, 0.05) is 29.4 Å². The zero-order valence-electron chi connectivity index (χ0n) is 15.6. The topological polar surface area (TPSA) is 78.5 Å². The van der Waals surface area contributed by atoms with Crippen molar-refractivity contribution in [1.82, 2.24) is 5.32 Å². The van der Waals surface area contributed by atoms with Crippen molar-refractivity contribution in [1.29, 1.82) is 0 Å². The Morgan fingerprint density at radius 2 is 1.79 bits per heavy atom. The summed E-state index contributed by atoms with van der Waals surface area (Å²) in [5, 5.41) is 5.87. The molecule has 1 fully saturated rings. The number of halogens is 1. The van der Waals surface area contributed by atoms with Crippen LogP contribution in [0.25, 0.3) is 0 Å². The first-order valence-corrected chi connectivity index (χ1v) is 9.56. The average Bonchev–Trinajstić information content (AvgIpc) is 3.10. The fraction of sp³-hybridized carbons (Fsp3) is 0.286. The van der Waals surface area contributed by atoms with Crippen LogP contribution in [0.3, 0.4) is 0 Å². The molecule has 28 heavy (non-hydrogen) atoms. The fourth-order valence-electron chi connectivity index (χ4n) is 3.09. The Morgan fingerprint density at radius 3 is 2.43 bits per heavy atom. The van der Waals surface area contributed by atoms with Gasteiger partial charge in [0.05, 0.1) is 12.5 Å². The number of carbonyl (C=O) groups excluding carboxylic acids is 3. The van der Waals surface area contributed by atoms with Crippen molar-refractivity contribution in [2.75, 3.05) is 23.3 Å². The molecule has 3 amide bonds. The lowest BCUT2D eigenvalue weighted by Crippen LogP contribution is -2.37. The lowest BCUT2D eigenvalue weighted by molar-refractivity contribution is -0.127. The summed E-state index contributed by atoms with van der Waals surface area (Å²) in [4.78, 5) is 38.3. The van der Waals surface area contributed by atoms with Crippen molar-refractivity contribution in [2.45, 2.75) is 19.8 Å². The highest BCUT2D eigenvalue weighted by molar-refractivity contribution is 6.30. The predicted octanol–water partition coefficient (Wildman–Crippen LogP) is 3.01. The first kappa shape index (κ1) is 19.9. The van der Waals surface area contributed by atoms with Crippen molar-refractivity contribution < 1.29 is 14.4 Å². The second kappa shape index (κ2) is 8.89. The molecule has 0 saturated carbocycles. The van der Waals surface area contributed by atoms with Gasteiger partial charge in [-0.05, 0) is 48.4 Å². The molecule has 1 saturated heterocycles. The Bertz CT molecular complexity index is 865. The number of nitrogens with one attached hydrogen (secondary N) is 2. The molecule has 0 bridgehead atoms. The molecular formula is C21H22ClN3O3. The van der Waals surface area contributed by atoms with Gasteiger partial charge in [-0.2, -0.15) is 0 Å². The molecule has 1 heterocycles. The summed E-state index contributed by atoms with van der Waals surface area (Å²) < 4.78 is 0. The molecule has 1 aliphatic rings. The molecule has 2 N–H and O–H groups in total. The Hall–Kier alpha value is -2.86. The number of carbonyl (C=O) groups is 3. The summed E-state index contributed by atoms with van der Waals surface area (Å²) in [6, 6.07) is 14.5.